The topological polar surface area (TPSA) is 46.0 Å². The molecule has 0 saturated heterocycles. The molecule has 0 bridgehead atoms. The number of aliphatic hydroxyl groups is 1. The van der Waals surface area contributed by atoms with Crippen LogP contribution in [-0.4, -0.2) is 23.4 Å². The van der Waals surface area contributed by atoms with Gasteiger partial charge in [0.25, 0.3) is 0 Å². The van der Waals surface area contributed by atoms with Gasteiger partial charge in [0.1, 0.15) is 13.8 Å². The van der Waals surface area contributed by atoms with Gasteiger partial charge in [-0.1, -0.05) is 25.6 Å². The molecule has 1 unspecified atom stereocenters. The van der Waals surface area contributed by atoms with Gasteiger partial charge < -0.3 is 5.11 Å². The second-order valence-electron chi connectivity index (χ2n) is 4.68. The molecular formula is C11H16N2OSi. The van der Waals surface area contributed by atoms with E-state index in [2.05, 4.69) is 41.3 Å². The van der Waals surface area contributed by atoms with E-state index in [4.69, 9.17) is 0 Å². The summed E-state index contributed by atoms with van der Waals surface area (Å²) in [4.78, 5) is 0. The highest BCUT2D eigenvalue weighted by Crippen LogP contribution is 2.16. The number of nitrogens with zero attached hydrogens (tertiary/aromatic N) is 2. The van der Waals surface area contributed by atoms with Gasteiger partial charge >= 0.3 is 0 Å². The van der Waals surface area contributed by atoms with Crippen molar-refractivity contribution in [2.24, 2.45) is 0 Å². The van der Waals surface area contributed by atoms with Crippen molar-refractivity contribution < 1.29 is 5.11 Å². The van der Waals surface area contributed by atoms with E-state index in [1.165, 1.54) is 0 Å². The number of aromatic nitrogens is 2. The van der Waals surface area contributed by atoms with Gasteiger partial charge in [-0.3, -0.25) is 0 Å². The van der Waals surface area contributed by atoms with Crippen molar-refractivity contribution in [2.45, 2.75) is 32.2 Å². The van der Waals surface area contributed by atoms with Crippen LogP contribution < -0.4 is 0 Å². The molecule has 0 aliphatic rings. The predicted octanol–water partition coefficient (Wildman–Crippen LogP) is 1.56. The fourth-order valence-electron chi connectivity index (χ4n) is 0.934. The maximum Gasteiger partial charge on any atom is 0.166 e. The lowest BCUT2D eigenvalue weighted by molar-refractivity contribution is 0.116. The Kier molecular flexibility index (Phi) is 3.27. The van der Waals surface area contributed by atoms with Gasteiger partial charge in [-0.05, 0) is 19.1 Å². The maximum atomic E-state index is 10.1. The van der Waals surface area contributed by atoms with Crippen molar-refractivity contribution in [1.29, 1.82) is 0 Å². The van der Waals surface area contributed by atoms with Crippen LogP contribution in [-0.2, 0) is 5.60 Å². The smallest absolute Gasteiger partial charge is 0.166 e. The minimum Gasteiger partial charge on any atom is -0.372 e. The van der Waals surface area contributed by atoms with E-state index in [0.717, 1.165) is 0 Å². The number of hydrogen-bond acceptors (Lipinski definition) is 3. The first-order valence-corrected chi connectivity index (χ1v) is 8.36. The Morgan fingerprint density at radius 1 is 1.40 bits per heavy atom. The summed E-state index contributed by atoms with van der Waals surface area (Å²) in [6.07, 6.45) is 1.57. The SMILES string of the molecule is CC(O)(C#C[Si](C)(C)C)c1cccnn1. The highest BCUT2D eigenvalue weighted by molar-refractivity contribution is 6.83. The Bertz CT molecular complexity index is 385. The predicted molar refractivity (Wildman–Crippen MR) is 62.7 cm³/mol. The quantitative estimate of drug-likeness (QED) is 0.577. The molecule has 0 aliphatic heterocycles. The second-order valence-corrected chi connectivity index (χ2v) is 9.43. The van der Waals surface area contributed by atoms with Crippen LogP contribution in [0.25, 0.3) is 0 Å². The van der Waals surface area contributed by atoms with E-state index >= 15 is 0 Å². The Hall–Kier alpha value is -1.18. The lowest BCUT2D eigenvalue weighted by Gasteiger charge is -2.15. The van der Waals surface area contributed by atoms with Crippen LogP contribution >= 0.6 is 0 Å². The van der Waals surface area contributed by atoms with E-state index < -0.39 is 13.7 Å². The van der Waals surface area contributed by atoms with Crippen LogP contribution in [0.5, 0.6) is 0 Å². The third kappa shape index (κ3) is 3.82. The normalized spacial score (nSPS) is 15.0. The van der Waals surface area contributed by atoms with Gasteiger partial charge in [0.05, 0.1) is 0 Å². The van der Waals surface area contributed by atoms with Crippen LogP contribution in [0.15, 0.2) is 18.3 Å². The lowest BCUT2D eigenvalue weighted by Crippen LogP contribution is -2.24. The molecule has 0 saturated carbocycles. The van der Waals surface area contributed by atoms with E-state index in [0.29, 0.717) is 5.69 Å². The Morgan fingerprint density at radius 3 is 2.53 bits per heavy atom. The first kappa shape index (κ1) is 11.9. The van der Waals surface area contributed by atoms with Crippen LogP contribution in [0.1, 0.15) is 12.6 Å². The largest absolute Gasteiger partial charge is 0.372 e. The van der Waals surface area contributed by atoms with Crippen molar-refractivity contribution >= 4 is 8.07 Å². The van der Waals surface area contributed by atoms with Gasteiger partial charge in [-0.15, -0.1) is 5.54 Å². The summed E-state index contributed by atoms with van der Waals surface area (Å²) in [6.45, 7) is 8.04. The van der Waals surface area contributed by atoms with Gasteiger partial charge in [-0.2, -0.15) is 10.2 Å². The Labute approximate surface area is 91.6 Å². The number of hydrogen-bond donors (Lipinski definition) is 1. The molecule has 1 atom stereocenters. The second kappa shape index (κ2) is 4.13. The van der Waals surface area contributed by atoms with E-state index in [1.807, 2.05) is 0 Å². The van der Waals surface area contributed by atoms with Crippen LogP contribution in [0.3, 0.4) is 0 Å². The number of rotatable bonds is 1. The molecule has 1 aromatic rings. The lowest BCUT2D eigenvalue weighted by atomic mass is 10.0. The molecular weight excluding hydrogens is 204 g/mol. The van der Waals surface area contributed by atoms with E-state index in [-0.39, 0.29) is 0 Å². The summed E-state index contributed by atoms with van der Waals surface area (Å²) in [6, 6.07) is 3.47. The van der Waals surface area contributed by atoms with Gasteiger partial charge in [0.15, 0.2) is 5.60 Å². The zero-order chi connectivity index (χ0) is 11.5. The molecule has 15 heavy (non-hydrogen) atoms. The average molecular weight is 220 g/mol. The van der Waals surface area contributed by atoms with Crippen molar-refractivity contribution in [3.05, 3.63) is 24.0 Å². The highest BCUT2D eigenvalue weighted by atomic mass is 28.3. The van der Waals surface area contributed by atoms with Crippen molar-refractivity contribution in [3.8, 4) is 11.5 Å². The Balaban J connectivity index is 2.98. The molecule has 0 fully saturated rings. The summed E-state index contributed by atoms with van der Waals surface area (Å²) in [5, 5.41) is 17.7. The third-order valence-corrected chi connectivity index (χ3v) is 2.63. The van der Waals surface area contributed by atoms with E-state index in [9.17, 15) is 5.11 Å². The molecule has 0 radical (unpaired) electrons. The maximum absolute atomic E-state index is 10.1. The van der Waals surface area contributed by atoms with Crippen LogP contribution in [0.4, 0.5) is 0 Å². The van der Waals surface area contributed by atoms with Crippen molar-refractivity contribution in [1.82, 2.24) is 10.2 Å². The summed E-state index contributed by atoms with van der Waals surface area (Å²) in [5.74, 6) is 2.88. The van der Waals surface area contributed by atoms with Gasteiger partial charge in [0, 0.05) is 6.20 Å². The molecule has 1 rings (SSSR count). The molecule has 3 nitrogen and oxygen atoms in total. The van der Waals surface area contributed by atoms with Crippen LogP contribution in [0, 0.1) is 11.5 Å². The third-order valence-electron chi connectivity index (χ3n) is 1.75. The minimum absolute atomic E-state index is 0.496. The molecule has 4 heteroatoms. The van der Waals surface area contributed by atoms with Gasteiger partial charge in [0.2, 0.25) is 0 Å². The molecule has 1 N–H and O–H groups in total. The fourth-order valence-corrected chi connectivity index (χ4v) is 1.55. The Morgan fingerprint density at radius 2 is 2.07 bits per heavy atom. The monoisotopic (exact) mass is 220 g/mol. The van der Waals surface area contributed by atoms with Crippen molar-refractivity contribution in [2.75, 3.05) is 0 Å². The molecule has 0 aromatic carbocycles. The molecule has 1 aromatic heterocycles. The molecule has 0 amide bonds. The fraction of sp³-hybridized carbons (Fsp3) is 0.455. The zero-order valence-corrected chi connectivity index (χ0v) is 10.6. The van der Waals surface area contributed by atoms with Crippen LogP contribution in [0.2, 0.25) is 19.6 Å². The summed E-state index contributed by atoms with van der Waals surface area (Å²) < 4.78 is 0. The molecule has 1 heterocycles. The molecule has 80 valence electrons. The summed E-state index contributed by atoms with van der Waals surface area (Å²) >= 11 is 0. The average Bonchev–Trinajstić information content (AvgIpc) is 2.16. The zero-order valence-electron chi connectivity index (χ0n) is 9.57. The first-order valence-electron chi connectivity index (χ1n) is 4.86. The van der Waals surface area contributed by atoms with E-state index in [1.54, 1.807) is 25.3 Å². The standard InChI is InChI=1S/C11H16N2OSi/c1-11(14,7-9-15(2,3)4)10-6-5-8-12-13-10/h5-6,8,14H,1-4H3. The first-order chi connectivity index (χ1) is 6.81. The molecule has 0 aliphatic carbocycles. The van der Waals surface area contributed by atoms with Gasteiger partial charge in [-0.25, -0.2) is 0 Å². The van der Waals surface area contributed by atoms with Crippen molar-refractivity contribution in [3.63, 3.8) is 0 Å². The summed E-state index contributed by atoms with van der Waals surface area (Å²) in [7, 11) is -1.47. The summed E-state index contributed by atoms with van der Waals surface area (Å²) in [5.41, 5.74) is 2.43. The molecule has 0 spiro atoms. The highest BCUT2D eigenvalue weighted by Gasteiger charge is 2.22. The minimum atomic E-state index is -1.47.